The Bertz CT molecular complexity index is 2420. The number of hydrogen-bond donors (Lipinski definition) is 0. The van der Waals surface area contributed by atoms with Crippen LogP contribution in [0.1, 0.15) is 5.56 Å². The van der Waals surface area contributed by atoms with Crippen molar-refractivity contribution in [2.75, 3.05) is 0 Å². The quantitative estimate of drug-likeness (QED) is 0.178. The Morgan fingerprint density at radius 3 is 2.20 bits per heavy atom. The van der Waals surface area contributed by atoms with E-state index in [4.69, 9.17) is 9.72 Å². The van der Waals surface area contributed by atoms with E-state index in [-0.39, 0.29) is 0 Å². The fourth-order valence-electron chi connectivity index (χ4n) is 6.00. The van der Waals surface area contributed by atoms with Gasteiger partial charge in [-0.05, 0) is 12.5 Å². The number of hydrogen-bond acceptors (Lipinski definition) is 4. The first kappa shape index (κ1) is 26.5. The summed E-state index contributed by atoms with van der Waals surface area (Å²) in [4.78, 5) is 13.3. The van der Waals surface area contributed by atoms with Crippen LogP contribution in [-0.4, -0.2) is 28.7 Å². The molecule has 0 saturated carbocycles. The van der Waals surface area contributed by atoms with E-state index in [2.05, 4.69) is 136 Å². The number of fused-ring (bicyclic) bond motifs is 4. The van der Waals surface area contributed by atoms with Crippen molar-refractivity contribution in [2.45, 2.75) is 6.92 Å². The molecule has 0 amide bonds. The van der Waals surface area contributed by atoms with Crippen LogP contribution >= 0.6 is 0 Å². The average molecular weight is 754 g/mol. The molecule has 0 fully saturated rings. The zero-order valence-electron chi connectivity index (χ0n) is 24.0. The van der Waals surface area contributed by atoms with Crippen LogP contribution < -0.4 is 4.74 Å². The van der Waals surface area contributed by atoms with Crippen molar-refractivity contribution in [1.29, 1.82) is 0 Å². The molecule has 0 N–H and O–H groups in total. The Balaban J connectivity index is 1.22. The molecule has 8 heteroatoms. The summed E-state index contributed by atoms with van der Waals surface area (Å²) < 4.78 is 14.3. The predicted octanol–water partition coefficient (Wildman–Crippen LogP) is 8.10. The topological polar surface area (TPSA) is 62.7 Å². The van der Waals surface area contributed by atoms with Gasteiger partial charge in [0.2, 0.25) is 0 Å². The summed E-state index contributed by atoms with van der Waals surface area (Å²) in [6.45, 7) is 2.10. The van der Waals surface area contributed by atoms with E-state index in [1.807, 2.05) is 36.8 Å². The zero-order chi connectivity index (χ0) is 29.8. The average Bonchev–Trinajstić information content (AvgIpc) is 3.52. The van der Waals surface area contributed by atoms with E-state index in [9.17, 15) is 0 Å². The number of ether oxygens (including phenoxy) is 1. The molecule has 0 aliphatic heterocycles. The second-order valence-corrected chi connectivity index (χ2v) is 11.8. The Hall–Kier alpha value is -5.13. The number of aryl methyl sites for hydroxylation is 2. The van der Waals surface area contributed by atoms with E-state index in [0.717, 1.165) is 70.8 Å². The Morgan fingerprint density at radius 2 is 1.39 bits per heavy atom. The fourth-order valence-corrected chi connectivity index (χ4v) is 6.84. The molecule has 0 unspecified atom stereocenters. The fraction of sp³-hybridized carbons (Fsp3) is 0.0556. The standard InChI is InChI=1S/C36H26N6O.Pt/c1-24-16-36(39-21-31(24)25-19-37-22-38-20-25)42-32-11-4-3-10-29(32)30-15-14-28(18-35(30)42)43-27-9-7-8-26(17-27)41-23-40(2)33-12-5-6-13-34(33)41;/h3-22H,1-2H3;. The molecule has 0 atom stereocenters. The molecular formula is C36H26N6OPt. The van der Waals surface area contributed by atoms with E-state index < -0.39 is 0 Å². The minimum Gasteiger partial charge on any atom is -0.244 e. The van der Waals surface area contributed by atoms with Gasteiger partial charge in [0.1, 0.15) is 6.33 Å². The summed E-state index contributed by atoms with van der Waals surface area (Å²) in [6, 6.07) is 33.5. The van der Waals surface area contributed by atoms with Gasteiger partial charge in [0.25, 0.3) is 0 Å². The molecule has 0 radical (unpaired) electrons. The SMILES string of the molecule is Cc1cc(-n2c3ccccc3c3ccc(Oc4cccc(-n5[c](=[Pt])n(C)c6ccccc65)c4)cc32)ncc1-c1cncnc1. The van der Waals surface area contributed by atoms with E-state index >= 15 is 0 Å². The monoisotopic (exact) mass is 753 g/mol. The summed E-state index contributed by atoms with van der Waals surface area (Å²) in [5.41, 5.74) is 8.54. The minimum atomic E-state index is 0.756. The predicted molar refractivity (Wildman–Crippen MR) is 170 cm³/mol. The van der Waals surface area contributed by atoms with Crippen molar-refractivity contribution in [1.82, 2.24) is 28.7 Å². The van der Waals surface area contributed by atoms with E-state index in [1.54, 1.807) is 0 Å². The molecule has 8 aromatic rings. The number of pyridine rings is 1. The first-order valence-corrected chi connectivity index (χ1v) is 15.4. The first-order chi connectivity index (χ1) is 21.6. The van der Waals surface area contributed by atoms with Crippen molar-refractivity contribution in [2.24, 2.45) is 7.05 Å². The van der Waals surface area contributed by atoms with Crippen LogP contribution in [0.2, 0.25) is 0 Å². The van der Waals surface area contributed by atoms with Gasteiger partial charge in [0, 0.05) is 29.7 Å². The molecule has 0 aliphatic rings. The van der Waals surface area contributed by atoms with Crippen LogP contribution in [0.4, 0.5) is 0 Å². The molecule has 7 nitrogen and oxygen atoms in total. The summed E-state index contributed by atoms with van der Waals surface area (Å²) in [5.74, 6) is 2.37. The molecule has 0 spiro atoms. The van der Waals surface area contributed by atoms with Gasteiger partial charge < -0.3 is 0 Å². The summed E-state index contributed by atoms with van der Waals surface area (Å²) in [6.07, 6.45) is 7.07. The number of benzene rings is 4. The molecule has 0 saturated heterocycles. The molecule has 4 heterocycles. The zero-order valence-corrected chi connectivity index (χ0v) is 26.2. The van der Waals surface area contributed by atoms with Crippen LogP contribution in [0.3, 0.4) is 0 Å². The van der Waals surface area contributed by atoms with Gasteiger partial charge in [0.15, 0.2) is 0 Å². The Morgan fingerprint density at radius 1 is 0.659 bits per heavy atom. The van der Waals surface area contributed by atoms with E-state index in [1.165, 1.54) is 11.8 Å². The molecule has 8 rings (SSSR count). The van der Waals surface area contributed by atoms with Gasteiger partial charge in [-0.1, -0.05) is 12.1 Å². The number of nitrogens with zero attached hydrogens (tertiary/aromatic N) is 6. The maximum atomic E-state index is 6.52. The molecule has 0 aliphatic carbocycles. The van der Waals surface area contributed by atoms with Crippen LogP contribution in [0.15, 0.2) is 122 Å². The summed E-state index contributed by atoms with van der Waals surface area (Å²) >= 11 is 2.38. The van der Waals surface area contributed by atoms with Gasteiger partial charge >= 0.3 is 194 Å². The second kappa shape index (κ2) is 10.5. The third-order valence-corrected chi connectivity index (χ3v) is 9.33. The van der Waals surface area contributed by atoms with Crippen LogP contribution in [0.5, 0.6) is 11.5 Å². The number of imidazole rings is 1. The number of para-hydroxylation sites is 3. The summed E-state index contributed by atoms with van der Waals surface area (Å²) in [7, 11) is 2.09. The smallest absolute Gasteiger partial charge is 0.244 e. The van der Waals surface area contributed by atoms with Crippen molar-refractivity contribution in [3.63, 3.8) is 0 Å². The van der Waals surface area contributed by atoms with Crippen LogP contribution in [0.25, 0.3) is 55.5 Å². The summed E-state index contributed by atoms with van der Waals surface area (Å²) in [5, 5.41) is 2.31. The van der Waals surface area contributed by atoms with Gasteiger partial charge in [-0.15, -0.1) is 0 Å². The third kappa shape index (κ3) is 4.31. The maximum absolute atomic E-state index is 6.52. The molecule has 0 bridgehead atoms. The second-order valence-electron chi connectivity index (χ2n) is 10.7. The van der Waals surface area contributed by atoms with Crippen molar-refractivity contribution in [3.05, 3.63) is 131 Å². The van der Waals surface area contributed by atoms with Gasteiger partial charge in [-0.2, -0.15) is 0 Å². The van der Waals surface area contributed by atoms with Gasteiger partial charge in [-0.3, -0.25) is 0 Å². The molecule has 4 aromatic heterocycles. The van der Waals surface area contributed by atoms with Gasteiger partial charge in [0.05, 0.1) is 0 Å². The van der Waals surface area contributed by atoms with Crippen molar-refractivity contribution >= 4 is 32.8 Å². The van der Waals surface area contributed by atoms with Crippen LogP contribution in [0, 0.1) is 10.7 Å². The normalized spacial score (nSPS) is 11.5. The van der Waals surface area contributed by atoms with Crippen LogP contribution in [-0.2, 0) is 26.4 Å². The number of aromatic nitrogens is 6. The molecule has 4 aromatic carbocycles. The van der Waals surface area contributed by atoms with Crippen molar-refractivity contribution in [3.8, 4) is 34.1 Å². The minimum absolute atomic E-state index is 0.756. The van der Waals surface area contributed by atoms with E-state index in [0.29, 0.717) is 0 Å². The third-order valence-electron chi connectivity index (χ3n) is 8.06. The van der Waals surface area contributed by atoms with Crippen molar-refractivity contribution < 1.29 is 24.1 Å². The molecule has 44 heavy (non-hydrogen) atoms. The molecule has 216 valence electrons. The molecular weight excluding hydrogens is 728 g/mol. The Kier molecular flexibility index (Phi) is 6.35. The number of rotatable bonds is 5. The Labute approximate surface area is 264 Å². The van der Waals surface area contributed by atoms with Gasteiger partial charge in [-0.25, -0.2) is 9.97 Å². The first-order valence-electron chi connectivity index (χ1n) is 14.2.